The van der Waals surface area contributed by atoms with Crippen molar-refractivity contribution >= 4 is 18.3 Å². The van der Waals surface area contributed by atoms with Gasteiger partial charge in [0.2, 0.25) is 0 Å². The predicted molar refractivity (Wildman–Crippen MR) is 115 cm³/mol. The first-order valence-corrected chi connectivity index (χ1v) is 9.67. The third kappa shape index (κ3) is 6.04. The number of rotatable bonds is 7. The number of carbonyl (C=O) groups is 1. The van der Waals surface area contributed by atoms with Crippen LogP contribution in [-0.4, -0.2) is 42.6 Å². The SMILES string of the molecule is CCC(NC(=O)c1ccc(CN)cc1)C1CN(Cc2ccccc2)CCO1.Cl. The predicted octanol–water partition coefficient (Wildman–Crippen LogP) is 2.98. The van der Waals surface area contributed by atoms with Gasteiger partial charge in [-0.05, 0) is 29.7 Å². The summed E-state index contributed by atoms with van der Waals surface area (Å²) in [4.78, 5) is 15.0. The first-order valence-electron chi connectivity index (χ1n) is 9.67. The Kier molecular flexibility index (Phi) is 8.93. The standard InChI is InChI=1S/C22H29N3O2.ClH/c1-2-20(24-22(26)19-10-8-17(14-23)9-11-19)21-16-25(12-13-27-21)15-18-6-4-3-5-7-18;/h3-11,20-21H,2,12-16,23H2,1H3,(H,24,26);1H. The molecule has 1 saturated heterocycles. The fourth-order valence-corrected chi connectivity index (χ4v) is 3.46. The fourth-order valence-electron chi connectivity index (χ4n) is 3.46. The number of ether oxygens (including phenoxy) is 1. The Morgan fingerprint density at radius 1 is 1.18 bits per heavy atom. The summed E-state index contributed by atoms with van der Waals surface area (Å²) in [5, 5.41) is 3.15. The average molecular weight is 404 g/mol. The first-order chi connectivity index (χ1) is 13.2. The van der Waals surface area contributed by atoms with Crippen LogP contribution in [0.5, 0.6) is 0 Å². The minimum absolute atomic E-state index is 0. The molecular formula is C22H30ClN3O2. The molecule has 0 bridgehead atoms. The maximum Gasteiger partial charge on any atom is 0.251 e. The van der Waals surface area contributed by atoms with E-state index in [1.54, 1.807) is 0 Å². The molecular weight excluding hydrogens is 374 g/mol. The molecule has 2 aromatic carbocycles. The summed E-state index contributed by atoms with van der Waals surface area (Å²) >= 11 is 0. The van der Waals surface area contributed by atoms with Crippen molar-refractivity contribution in [3.8, 4) is 0 Å². The van der Waals surface area contributed by atoms with E-state index in [1.807, 2.05) is 30.3 Å². The second kappa shape index (κ2) is 11.2. The largest absolute Gasteiger partial charge is 0.373 e. The number of nitrogens with one attached hydrogen (secondary N) is 1. The molecule has 5 nitrogen and oxygen atoms in total. The van der Waals surface area contributed by atoms with Gasteiger partial charge in [0.05, 0.1) is 18.8 Å². The Bertz CT molecular complexity index is 724. The number of benzene rings is 2. The molecule has 1 amide bonds. The molecule has 0 aliphatic carbocycles. The van der Waals surface area contributed by atoms with Crippen molar-refractivity contribution in [2.24, 2.45) is 5.73 Å². The van der Waals surface area contributed by atoms with Crippen LogP contribution in [0.3, 0.4) is 0 Å². The van der Waals surface area contributed by atoms with E-state index in [2.05, 4.69) is 41.4 Å². The minimum atomic E-state index is -0.0609. The highest BCUT2D eigenvalue weighted by molar-refractivity contribution is 5.94. The van der Waals surface area contributed by atoms with Crippen molar-refractivity contribution in [3.63, 3.8) is 0 Å². The van der Waals surface area contributed by atoms with Gasteiger partial charge in [-0.1, -0.05) is 49.4 Å². The Hall–Kier alpha value is -1.92. The second-order valence-electron chi connectivity index (χ2n) is 7.02. The van der Waals surface area contributed by atoms with Crippen LogP contribution in [0.2, 0.25) is 0 Å². The van der Waals surface area contributed by atoms with Crippen LogP contribution in [0.4, 0.5) is 0 Å². The van der Waals surface area contributed by atoms with E-state index >= 15 is 0 Å². The number of nitrogens with two attached hydrogens (primary N) is 1. The van der Waals surface area contributed by atoms with Gasteiger partial charge in [0, 0.05) is 31.7 Å². The number of morpholine rings is 1. The molecule has 3 N–H and O–H groups in total. The zero-order valence-electron chi connectivity index (χ0n) is 16.3. The molecule has 0 saturated carbocycles. The lowest BCUT2D eigenvalue weighted by Crippen LogP contribution is -2.53. The van der Waals surface area contributed by atoms with Crippen LogP contribution in [0.25, 0.3) is 0 Å². The summed E-state index contributed by atoms with van der Waals surface area (Å²) in [7, 11) is 0. The lowest BCUT2D eigenvalue weighted by atomic mass is 10.0. The molecule has 28 heavy (non-hydrogen) atoms. The highest BCUT2D eigenvalue weighted by atomic mass is 35.5. The summed E-state index contributed by atoms with van der Waals surface area (Å²) in [5.74, 6) is -0.0609. The van der Waals surface area contributed by atoms with Gasteiger partial charge in [-0.15, -0.1) is 12.4 Å². The third-order valence-electron chi connectivity index (χ3n) is 5.08. The van der Waals surface area contributed by atoms with Gasteiger partial charge >= 0.3 is 0 Å². The van der Waals surface area contributed by atoms with Gasteiger partial charge in [-0.2, -0.15) is 0 Å². The summed E-state index contributed by atoms with van der Waals surface area (Å²) in [6.45, 7) is 5.89. The van der Waals surface area contributed by atoms with Crippen LogP contribution in [0.1, 0.15) is 34.8 Å². The highest BCUT2D eigenvalue weighted by Crippen LogP contribution is 2.15. The molecule has 2 atom stereocenters. The van der Waals surface area contributed by atoms with E-state index in [0.717, 1.165) is 31.6 Å². The smallest absolute Gasteiger partial charge is 0.251 e. The van der Waals surface area contributed by atoms with Crippen molar-refractivity contribution in [1.82, 2.24) is 10.2 Å². The summed E-state index contributed by atoms with van der Waals surface area (Å²) in [5.41, 5.74) is 8.60. The molecule has 6 heteroatoms. The Balaban J connectivity index is 0.00000280. The molecule has 152 valence electrons. The van der Waals surface area contributed by atoms with Crippen molar-refractivity contribution < 1.29 is 9.53 Å². The summed E-state index contributed by atoms with van der Waals surface area (Å²) in [6, 6.07) is 17.9. The zero-order valence-corrected chi connectivity index (χ0v) is 17.2. The number of amides is 1. The quantitative estimate of drug-likeness (QED) is 0.745. The number of halogens is 1. The molecule has 0 aromatic heterocycles. The number of nitrogens with zero attached hydrogens (tertiary/aromatic N) is 1. The zero-order chi connectivity index (χ0) is 19.1. The molecule has 2 unspecified atom stereocenters. The van der Waals surface area contributed by atoms with Gasteiger partial charge in [-0.25, -0.2) is 0 Å². The van der Waals surface area contributed by atoms with Crippen LogP contribution in [-0.2, 0) is 17.8 Å². The molecule has 0 spiro atoms. The van der Waals surface area contributed by atoms with Crippen LogP contribution < -0.4 is 11.1 Å². The summed E-state index contributed by atoms with van der Waals surface area (Å²) in [6.07, 6.45) is 0.830. The molecule has 1 aliphatic rings. The average Bonchev–Trinajstić information content (AvgIpc) is 2.73. The Morgan fingerprint density at radius 3 is 2.54 bits per heavy atom. The van der Waals surface area contributed by atoms with Crippen molar-refractivity contribution in [1.29, 1.82) is 0 Å². The van der Waals surface area contributed by atoms with Gasteiger partial charge < -0.3 is 15.8 Å². The van der Waals surface area contributed by atoms with Crippen molar-refractivity contribution in [2.45, 2.75) is 38.6 Å². The van der Waals surface area contributed by atoms with Crippen LogP contribution in [0, 0.1) is 0 Å². The minimum Gasteiger partial charge on any atom is -0.373 e. The van der Waals surface area contributed by atoms with E-state index in [9.17, 15) is 4.79 Å². The molecule has 1 heterocycles. The number of hydrogen-bond donors (Lipinski definition) is 2. The van der Waals surface area contributed by atoms with Crippen LogP contribution in [0.15, 0.2) is 54.6 Å². The second-order valence-corrected chi connectivity index (χ2v) is 7.02. The molecule has 2 aromatic rings. The van der Waals surface area contributed by atoms with Gasteiger partial charge in [0.15, 0.2) is 0 Å². The van der Waals surface area contributed by atoms with E-state index < -0.39 is 0 Å². The molecule has 3 rings (SSSR count). The van der Waals surface area contributed by atoms with Gasteiger partial charge in [-0.3, -0.25) is 9.69 Å². The summed E-state index contributed by atoms with van der Waals surface area (Å²) < 4.78 is 6.00. The third-order valence-corrected chi connectivity index (χ3v) is 5.08. The first kappa shape index (κ1) is 22.4. The monoisotopic (exact) mass is 403 g/mol. The molecule has 0 radical (unpaired) electrons. The highest BCUT2D eigenvalue weighted by Gasteiger charge is 2.28. The Labute approximate surface area is 173 Å². The van der Waals surface area contributed by atoms with E-state index in [-0.39, 0.29) is 30.5 Å². The molecule has 1 fully saturated rings. The molecule has 1 aliphatic heterocycles. The number of hydrogen-bond acceptors (Lipinski definition) is 4. The van der Waals surface area contributed by atoms with E-state index in [0.29, 0.717) is 18.7 Å². The normalized spacial score (nSPS) is 18.1. The lowest BCUT2D eigenvalue weighted by Gasteiger charge is -2.37. The fraction of sp³-hybridized carbons (Fsp3) is 0.409. The Morgan fingerprint density at radius 2 is 1.89 bits per heavy atom. The lowest BCUT2D eigenvalue weighted by molar-refractivity contribution is -0.0483. The van der Waals surface area contributed by atoms with Gasteiger partial charge in [0.1, 0.15) is 0 Å². The van der Waals surface area contributed by atoms with Crippen LogP contribution >= 0.6 is 12.4 Å². The van der Waals surface area contributed by atoms with Crippen molar-refractivity contribution in [2.75, 3.05) is 19.7 Å². The topological polar surface area (TPSA) is 67.6 Å². The van der Waals surface area contributed by atoms with Crippen molar-refractivity contribution in [3.05, 3.63) is 71.3 Å². The number of carbonyl (C=O) groups excluding carboxylic acids is 1. The maximum atomic E-state index is 12.6. The van der Waals surface area contributed by atoms with E-state index in [4.69, 9.17) is 10.5 Å². The maximum absolute atomic E-state index is 12.6. The van der Waals surface area contributed by atoms with E-state index in [1.165, 1.54) is 5.56 Å². The van der Waals surface area contributed by atoms with Gasteiger partial charge in [0.25, 0.3) is 5.91 Å².